The van der Waals surface area contributed by atoms with Crippen molar-refractivity contribution in [3.63, 3.8) is 0 Å². The summed E-state index contributed by atoms with van der Waals surface area (Å²) in [5.74, 6) is 0.411. The van der Waals surface area contributed by atoms with Gasteiger partial charge in [-0.2, -0.15) is 11.8 Å². The standard InChI is InChI=1S/C9H12N2O2S/c1-14-6-5-11-8-7(9(12)13)3-2-4-10-8/h2-4H,5-6H2,1H3,(H,10,11)(H,12,13). The second kappa shape index (κ2) is 5.49. The molecule has 4 nitrogen and oxygen atoms in total. The number of aromatic nitrogens is 1. The summed E-state index contributed by atoms with van der Waals surface area (Å²) in [5.41, 5.74) is 0.216. The lowest BCUT2D eigenvalue weighted by atomic mass is 10.2. The molecular weight excluding hydrogens is 200 g/mol. The number of carboxylic acids is 1. The van der Waals surface area contributed by atoms with E-state index in [0.717, 1.165) is 12.3 Å². The van der Waals surface area contributed by atoms with Crippen molar-refractivity contribution < 1.29 is 9.90 Å². The van der Waals surface area contributed by atoms with Crippen LogP contribution in [0, 0.1) is 0 Å². The lowest BCUT2D eigenvalue weighted by molar-refractivity contribution is 0.0697. The van der Waals surface area contributed by atoms with Gasteiger partial charge in [-0.05, 0) is 18.4 Å². The molecule has 0 saturated carbocycles. The summed E-state index contributed by atoms with van der Waals surface area (Å²) < 4.78 is 0. The fourth-order valence-electron chi connectivity index (χ4n) is 0.990. The molecule has 0 spiro atoms. The summed E-state index contributed by atoms with van der Waals surface area (Å²) >= 11 is 1.70. The number of anilines is 1. The van der Waals surface area contributed by atoms with Crippen LogP contribution >= 0.6 is 11.8 Å². The highest BCUT2D eigenvalue weighted by Crippen LogP contribution is 2.10. The van der Waals surface area contributed by atoms with Gasteiger partial charge >= 0.3 is 5.97 Å². The average molecular weight is 212 g/mol. The van der Waals surface area contributed by atoms with Gasteiger partial charge in [-0.15, -0.1) is 0 Å². The molecule has 0 bridgehead atoms. The largest absolute Gasteiger partial charge is 0.478 e. The van der Waals surface area contributed by atoms with Crippen LogP contribution in [0.1, 0.15) is 10.4 Å². The Morgan fingerprint density at radius 2 is 2.50 bits per heavy atom. The number of rotatable bonds is 5. The minimum absolute atomic E-state index is 0.216. The lowest BCUT2D eigenvalue weighted by Gasteiger charge is -2.06. The zero-order valence-corrected chi connectivity index (χ0v) is 8.67. The van der Waals surface area contributed by atoms with Crippen LogP contribution in [-0.4, -0.2) is 34.6 Å². The molecule has 5 heteroatoms. The first-order chi connectivity index (χ1) is 6.75. The predicted molar refractivity (Wildman–Crippen MR) is 58.1 cm³/mol. The number of pyridine rings is 1. The summed E-state index contributed by atoms with van der Waals surface area (Å²) in [5, 5.41) is 11.8. The maximum atomic E-state index is 10.8. The van der Waals surface area contributed by atoms with Crippen molar-refractivity contribution in [3.05, 3.63) is 23.9 Å². The van der Waals surface area contributed by atoms with Gasteiger partial charge in [0.1, 0.15) is 11.4 Å². The molecule has 0 aliphatic heterocycles. The van der Waals surface area contributed by atoms with E-state index in [0.29, 0.717) is 5.82 Å². The highest BCUT2D eigenvalue weighted by atomic mass is 32.2. The minimum Gasteiger partial charge on any atom is -0.478 e. The first kappa shape index (κ1) is 10.8. The molecule has 2 N–H and O–H groups in total. The first-order valence-corrected chi connectivity index (χ1v) is 5.56. The molecular formula is C9H12N2O2S. The monoisotopic (exact) mass is 212 g/mol. The fraction of sp³-hybridized carbons (Fsp3) is 0.333. The van der Waals surface area contributed by atoms with E-state index in [1.165, 1.54) is 6.07 Å². The first-order valence-electron chi connectivity index (χ1n) is 4.17. The summed E-state index contributed by atoms with van der Waals surface area (Å²) in [6.07, 6.45) is 3.58. The molecule has 0 atom stereocenters. The van der Waals surface area contributed by atoms with Crippen LogP contribution < -0.4 is 5.32 Å². The van der Waals surface area contributed by atoms with Gasteiger partial charge in [-0.1, -0.05) is 0 Å². The summed E-state index contributed by atoms with van der Waals surface area (Å²) in [4.78, 5) is 14.7. The molecule has 0 aliphatic rings. The molecule has 1 aromatic heterocycles. The van der Waals surface area contributed by atoms with Crippen LogP contribution in [0.2, 0.25) is 0 Å². The van der Waals surface area contributed by atoms with E-state index >= 15 is 0 Å². The fourth-order valence-corrected chi connectivity index (χ4v) is 1.30. The van der Waals surface area contributed by atoms with Gasteiger partial charge in [-0.25, -0.2) is 9.78 Å². The number of nitrogens with one attached hydrogen (secondary N) is 1. The van der Waals surface area contributed by atoms with E-state index in [-0.39, 0.29) is 5.56 Å². The lowest BCUT2D eigenvalue weighted by Crippen LogP contribution is -2.10. The zero-order valence-electron chi connectivity index (χ0n) is 7.86. The smallest absolute Gasteiger partial charge is 0.339 e. The number of hydrogen-bond donors (Lipinski definition) is 2. The van der Waals surface area contributed by atoms with Gasteiger partial charge in [0.25, 0.3) is 0 Å². The highest BCUT2D eigenvalue weighted by Gasteiger charge is 2.08. The van der Waals surface area contributed by atoms with Crippen molar-refractivity contribution in [1.29, 1.82) is 0 Å². The Morgan fingerprint density at radius 1 is 1.71 bits per heavy atom. The highest BCUT2D eigenvalue weighted by molar-refractivity contribution is 7.98. The molecule has 0 amide bonds. The number of nitrogens with zero attached hydrogens (tertiary/aromatic N) is 1. The molecule has 1 heterocycles. The zero-order chi connectivity index (χ0) is 10.4. The molecule has 14 heavy (non-hydrogen) atoms. The van der Waals surface area contributed by atoms with Gasteiger partial charge < -0.3 is 10.4 Å². The van der Waals surface area contributed by atoms with Crippen molar-refractivity contribution in [2.75, 3.05) is 23.9 Å². The van der Waals surface area contributed by atoms with Crippen molar-refractivity contribution in [3.8, 4) is 0 Å². The van der Waals surface area contributed by atoms with Crippen LogP contribution in [-0.2, 0) is 0 Å². The average Bonchev–Trinajstić information content (AvgIpc) is 2.19. The number of carbonyl (C=O) groups is 1. The topological polar surface area (TPSA) is 62.2 Å². The van der Waals surface area contributed by atoms with Crippen molar-refractivity contribution in [2.24, 2.45) is 0 Å². The number of hydrogen-bond acceptors (Lipinski definition) is 4. The van der Waals surface area contributed by atoms with Crippen LogP contribution in [0.5, 0.6) is 0 Å². The van der Waals surface area contributed by atoms with Crippen molar-refractivity contribution in [2.45, 2.75) is 0 Å². The van der Waals surface area contributed by atoms with Gasteiger partial charge in [0.05, 0.1) is 0 Å². The Labute approximate surface area is 86.7 Å². The van der Waals surface area contributed by atoms with Crippen LogP contribution in [0.15, 0.2) is 18.3 Å². The molecule has 0 unspecified atom stereocenters. The third-order valence-corrected chi connectivity index (χ3v) is 2.25. The van der Waals surface area contributed by atoms with Crippen molar-refractivity contribution >= 4 is 23.5 Å². The molecule has 1 aromatic rings. The molecule has 76 valence electrons. The van der Waals surface area contributed by atoms with Crippen molar-refractivity contribution in [1.82, 2.24) is 4.98 Å². The van der Waals surface area contributed by atoms with E-state index in [1.807, 2.05) is 6.26 Å². The Hall–Kier alpha value is -1.23. The van der Waals surface area contributed by atoms with E-state index in [1.54, 1.807) is 24.0 Å². The molecule has 0 aromatic carbocycles. The van der Waals surface area contributed by atoms with E-state index < -0.39 is 5.97 Å². The Balaban J connectivity index is 2.69. The van der Waals surface area contributed by atoms with Gasteiger partial charge in [0.15, 0.2) is 0 Å². The molecule has 0 radical (unpaired) electrons. The molecule has 0 fully saturated rings. The van der Waals surface area contributed by atoms with Crippen LogP contribution in [0.25, 0.3) is 0 Å². The van der Waals surface area contributed by atoms with Gasteiger partial charge in [0.2, 0.25) is 0 Å². The van der Waals surface area contributed by atoms with Gasteiger partial charge in [0, 0.05) is 18.5 Å². The Bertz CT molecular complexity index is 317. The molecule has 0 aliphatic carbocycles. The normalized spacial score (nSPS) is 9.79. The summed E-state index contributed by atoms with van der Waals surface area (Å²) in [6, 6.07) is 3.15. The van der Waals surface area contributed by atoms with Crippen LogP contribution in [0.3, 0.4) is 0 Å². The second-order valence-corrected chi connectivity index (χ2v) is 3.61. The second-order valence-electron chi connectivity index (χ2n) is 2.62. The minimum atomic E-state index is -0.954. The Morgan fingerprint density at radius 3 is 3.14 bits per heavy atom. The van der Waals surface area contributed by atoms with Gasteiger partial charge in [-0.3, -0.25) is 0 Å². The summed E-state index contributed by atoms with van der Waals surface area (Å²) in [7, 11) is 0. The molecule has 1 rings (SSSR count). The van der Waals surface area contributed by atoms with Crippen LogP contribution in [0.4, 0.5) is 5.82 Å². The summed E-state index contributed by atoms with van der Waals surface area (Å²) in [6.45, 7) is 0.721. The quantitative estimate of drug-likeness (QED) is 0.725. The predicted octanol–water partition coefficient (Wildman–Crippen LogP) is 1.55. The van der Waals surface area contributed by atoms with E-state index in [4.69, 9.17) is 5.11 Å². The van der Waals surface area contributed by atoms with E-state index in [2.05, 4.69) is 10.3 Å². The number of carboxylic acid groups (broad SMARTS) is 1. The Kier molecular flexibility index (Phi) is 4.25. The van der Waals surface area contributed by atoms with E-state index in [9.17, 15) is 4.79 Å². The third kappa shape index (κ3) is 2.92. The SMILES string of the molecule is CSCCNc1ncccc1C(=O)O. The third-order valence-electron chi connectivity index (χ3n) is 1.64. The molecule has 0 saturated heterocycles. The number of thioether (sulfide) groups is 1. The maximum absolute atomic E-state index is 10.8. The maximum Gasteiger partial charge on any atom is 0.339 e. The number of aromatic carboxylic acids is 1.